The van der Waals surface area contributed by atoms with Crippen LogP contribution in [0, 0.1) is 6.92 Å². The van der Waals surface area contributed by atoms with E-state index >= 15 is 0 Å². The van der Waals surface area contributed by atoms with Crippen LogP contribution in [0.15, 0.2) is 0 Å². The zero-order valence-corrected chi connectivity index (χ0v) is 9.67. The molecule has 15 heavy (non-hydrogen) atoms. The number of nitrogens with zero attached hydrogens (tertiary/aromatic N) is 2. The number of carboxylic acids is 1. The van der Waals surface area contributed by atoms with Crippen LogP contribution in [0.5, 0.6) is 0 Å². The molecule has 0 aliphatic carbocycles. The average molecular weight is 229 g/mol. The van der Waals surface area contributed by atoms with Crippen molar-refractivity contribution >= 4 is 22.6 Å². The molecule has 0 fully saturated rings. The highest BCUT2D eigenvalue weighted by Gasteiger charge is 2.06. The molecule has 1 atom stereocenters. The lowest BCUT2D eigenvalue weighted by Crippen LogP contribution is -2.15. The van der Waals surface area contributed by atoms with Gasteiger partial charge in [0.15, 0.2) is 0 Å². The second-order valence-corrected chi connectivity index (χ2v) is 4.23. The predicted octanol–water partition coefficient (Wildman–Crippen LogP) is 1.90. The Morgan fingerprint density at radius 2 is 2.40 bits per heavy atom. The maximum absolute atomic E-state index is 10.3. The maximum atomic E-state index is 10.3. The van der Waals surface area contributed by atoms with Gasteiger partial charge < -0.3 is 10.4 Å². The van der Waals surface area contributed by atoms with E-state index in [4.69, 9.17) is 5.11 Å². The van der Waals surface area contributed by atoms with E-state index in [-0.39, 0.29) is 12.5 Å². The molecule has 0 aliphatic rings. The molecule has 0 saturated heterocycles. The number of aliphatic carboxylic acids is 1. The summed E-state index contributed by atoms with van der Waals surface area (Å²) in [4.78, 5) is 14.5. The first-order valence-electron chi connectivity index (χ1n) is 4.86. The minimum Gasteiger partial charge on any atom is -0.481 e. The Morgan fingerprint density at radius 3 is 2.93 bits per heavy atom. The van der Waals surface area contributed by atoms with Crippen molar-refractivity contribution in [1.29, 1.82) is 0 Å². The van der Waals surface area contributed by atoms with Gasteiger partial charge in [-0.05, 0) is 26.7 Å². The van der Waals surface area contributed by atoms with Crippen LogP contribution >= 0.6 is 11.5 Å². The summed E-state index contributed by atoms with van der Waals surface area (Å²) in [6.07, 6.45) is 1.73. The summed E-state index contributed by atoms with van der Waals surface area (Å²) in [7, 11) is 0. The molecule has 1 heterocycles. The molecule has 1 aromatic heterocycles. The van der Waals surface area contributed by atoms with E-state index in [0.29, 0.717) is 6.42 Å². The van der Waals surface area contributed by atoms with E-state index < -0.39 is 5.97 Å². The average Bonchev–Trinajstić information content (AvgIpc) is 2.50. The Kier molecular flexibility index (Phi) is 4.48. The van der Waals surface area contributed by atoms with Crippen molar-refractivity contribution in [3.05, 3.63) is 5.82 Å². The third kappa shape index (κ3) is 4.73. The van der Waals surface area contributed by atoms with Crippen LogP contribution in [0.2, 0.25) is 0 Å². The molecule has 0 amide bonds. The summed E-state index contributed by atoms with van der Waals surface area (Å²) >= 11 is 1.33. The van der Waals surface area contributed by atoms with E-state index in [1.54, 1.807) is 0 Å². The molecule has 1 aromatic rings. The lowest BCUT2D eigenvalue weighted by atomic mass is 10.1. The van der Waals surface area contributed by atoms with E-state index in [1.165, 1.54) is 11.5 Å². The largest absolute Gasteiger partial charge is 0.481 e. The smallest absolute Gasteiger partial charge is 0.303 e. The number of nitrogens with one attached hydrogen (secondary N) is 1. The van der Waals surface area contributed by atoms with Gasteiger partial charge in [-0.25, -0.2) is 4.98 Å². The molecule has 0 radical (unpaired) electrons. The van der Waals surface area contributed by atoms with E-state index in [9.17, 15) is 4.79 Å². The summed E-state index contributed by atoms with van der Waals surface area (Å²) in [6, 6.07) is 0.233. The molecule has 2 N–H and O–H groups in total. The van der Waals surface area contributed by atoms with Crippen LogP contribution in [0.1, 0.15) is 32.0 Å². The number of aromatic nitrogens is 2. The Morgan fingerprint density at radius 1 is 1.67 bits per heavy atom. The first-order chi connectivity index (χ1) is 7.08. The number of hydrogen-bond donors (Lipinski definition) is 2. The van der Waals surface area contributed by atoms with Crippen molar-refractivity contribution in [3.63, 3.8) is 0 Å². The van der Waals surface area contributed by atoms with E-state index in [1.807, 2.05) is 13.8 Å². The van der Waals surface area contributed by atoms with Gasteiger partial charge >= 0.3 is 5.97 Å². The molecule has 0 bridgehead atoms. The normalized spacial score (nSPS) is 12.4. The Hall–Kier alpha value is -1.17. The molecule has 1 unspecified atom stereocenters. The highest BCUT2D eigenvalue weighted by atomic mass is 32.1. The van der Waals surface area contributed by atoms with Gasteiger partial charge in [-0.15, -0.1) is 0 Å². The molecule has 0 aromatic carbocycles. The van der Waals surface area contributed by atoms with Crippen LogP contribution in [0.3, 0.4) is 0 Å². The van der Waals surface area contributed by atoms with E-state index in [2.05, 4.69) is 14.7 Å². The number of aryl methyl sites for hydroxylation is 1. The van der Waals surface area contributed by atoms with Crippen molar-refractivity contribution in [2.24, 2.45) is 0 Å². The van der Waals surface area contributed by atoms with Gasteiger partial charge in [0.05, 0.1) is 0 Å². The first-order valence-corrected chi connectivity index (χ1v) is 5.64. The van der Waals surface area contributed by atoms with Crippen molar-refractivity contribution in [3.8, 4) is 0 Å². The topological polar surface area (TPSA) is 75.1 Å². The first kappa shape index (κ1) is 11.9. The predicted molar refractivity (Wildman–Crippen MR) is 59.2 cm³/mol. The fraction of sp³-hybridized carbons (Fsp3) is 0.667. The Bertz CT molecular complexity index is 327. The number of anilines is 1. The second-order valence-electron chi connectivity index (χ2n) is 3.48. The molecular weight excluding hydrogens is 214 g/mol. The molecule has 6 heteroatoms. The molecule has 0 spiro atoms. The van der Waals surface area contributed by atoms with Crippen LogP contribution < -0.4 is 5.32 Å². The van der Waals surface area contributed by atoms with Gasteiger partial charge in [0, 0.05) is 24.0 Å². The minimum absolute atomic E-state index is 0.223. The van der Waals surface area contributed by atoms with Gasteiger partial charge in [0.1, 0.15) is 5.82 Å². The van der Waals surface area contributed by atoms with Gasteiger partial charge in [0.25, 0.3) is 0 Å². The molecule has 5 nitrogen and oxygen atoms in total. The fourth-order valence-corrected chi connectivity index (χ4v) is 1.88. The summed E-state index contributed by atoms with van der Waals surface area (Å²) < 4.78 is 4.05. The Balaban J connectivity index is 2.24. The molecule has 1 rings (SSSR count). The lowest BCUT2D eigenvalue weighted by Gasteiger charge is -2.10. The standard InChI is InChI=1S/C9H15N3O2S/c1-6(4-3-5-8(13)14)10-9-11-7(2)12-15-9/h6H,3-5H2,1-2H3,(H,13,14)(H,10,11,12). The monoisotopic (exact) mass is 229 g/mol. The fourth-order valence-electron chi connectivity index (χ4n) is 1.20. The second kappa shape index (κ2) is 5.65. The van der Waals surface area contributed by atoms with Crippen LogP contribution in [-0.2, 0) is 4.79 Å². The lowest BCUT2D eigenvalue weighted by molar-refractivity contribution is -0.137. The molecule has 0 aliphatic heterocycles. The van der Waals surface area contributed by atoms with Crippen LogP contribution in [0.25, 0.3) is 0 Å². The summed E-state index contributed by atoms with van der Waals surface area (Å²) in [5.74, 6) is 0.0224. The highest BCUT2D eigenvalue weighted by molar-refractivity contribution is 7.09. The number of rotatable bonds is 6. The maximum Gasteiger partial charge on any atom is 0.303 e. The summed E-state index contributed by atoms with van der Waals surface area (Å²) in [5, 5.41) is 12.5. The van der Waals surface area contributed by atoms with Gasteiger partial charge in [-0.3, -0.25) is 4.79 Å². The van der Waals surface area contributed by atoms with Crippen molar-refractivity contribution in [2.75, 3.05) is 5.32 Å². The molecule has 84 valence electrons. The number of carbonyl (C=O) groups is 1. The van der Waals surface area contributed by atoms with Gasteiger partial charge in [-0.2, -0.15) is 4.37 Å². The Labute approximate surface area is 92.7 Å². The van der Waals surface area contributed by atoms with Gasteiger partial charge in [0.2, 0.25) is 5.13 Å². The summed E-state index contributed by atoms with van der Waals surface area (Å²) in [6.45, 7) is 3.86. The molecular formula is C9H15N3O2S. The zero-order valence-electron chi connectivity index (χ0n) is 8.86. The third-order valence-electron chi connectivity index (χ3n) is 1.93. The highest BCUT2D eigenvalue weighted by Crippen LogP contribution is 2.13. The van der Waals surface area contributed by atoms with Crippen molar-refractivity contribution in [1.82, 2.24) is 9.36 Å². The third-order valence-corrected chi connectivity index (χ3v) is 2.66. The van der Waals surface area contributed by atoms with E-state index in [0.717, 1.165) is 17.4 Å². The minimum atomic E-state index is -0.742. The van der Waals surface area contributed by atoms with Crippen molar-refractivity contribution in [2.45, 2.75) is 39.2 Å². The van der Waals surface area contributed by atoms with Gasteiger partial charge in [-0.1, -0.05) is 0 Å². The number of carboxylic acid groups (broad SMARTS) is 1. The SMILES string of the molecule is Cc1nsc(NC(C)CCCC(=O)O)n1. The zero-order chi connectivity index (χ0) is 11.3. The number of hydrogen-bond acceptors (Lipinski definition) is 5. The molecule has 0 saturated carbocycles. The quantitative estimate of drug-likeness (QED) is 0.779. The van der Waals surface area contributed by atoms with Crippen LogP contribution in [-0.4, -0.2) is 26.5 Å². The summed E-state index contributed by atoms with van der Waals surface area (Å²) in [5.41, 5.74) is 0. The van der Waals surface area contributed by atoms with Crippen LogP contribution in [0.4, 0.5) is 5.13 Å². The van der Waals surface area contributed by atoms with Crippen molar-refractivity contribution < 1.29 is 9.90 Å².